The molecule has 29 heavy (non-hydrogen) atoms. The zero-order valence-corrected chi connectivity index (χ0v) is 16.1. The molecule has 0 saturated carbocycles. The summed E-state index contributed by atoms with van der Waals surface area (Å²) in [4.78, 5) is 27.3. The average molecular weight is 410 g/mol. The summed E-state index contributed by atoms with van der Waals surface area (Å²) in [5.41, 5.74) is -0.543. The summed E-state index contributed by atoms with van der Waals surface area (Å²) in [5, 5.41) is 11.8. The van der Waals surface area contributed by atoms with Gasteiger partial charge in [-0.2, -0.15) is 0 Å². The molecule has 1 amide bonds. The van der Waals surface area contributed by atoms with Crippen LogP contribution in [-0.4, -0.2) is 16.8 Å². The van der Waals surface area contributed by atoms with Crippen molar-refractivity contribution in [3.63, 3.8) is 0 Å². The van der Waals surface area contributed by atoms with Gasteiger partial charge in [-0.1, -0.05) is 48.0 Å². The van der Waals surface area contributed by atoms with Gasteiger partial charge in [-0.15, -0.1) is 0 Å². The topological polar surface area (TPSA) is 57.6 Å². The number of halogens is 2. The molecule has 0 fully saturated rings. The summed E-state index contributed by atoms with van der Waals surface area (Å²) in [5.74, 6) is -1.48. The number of amides is 1. The van der Waals surface area contributed by atoms with Crippen LogP contribution in [0.25, 0.3) is 0 Å². The van der Waals surface area contributed by atoms with Gasteiger partial charge in [0, 0.05) is 21.7 Å². The highest BCUT2D eigenvalue weighted by atomic mass is 35.5. The lowest BCUT2D eigenvalue weighted by molar-refractivity contribution is -0.136. The number of nitrogens with zero attached hydrogens (tertiary/aromatic N) is 1. The SMILES string of the molecule is O=C(CC1(O)C(=O)N(Cc2ccccc2F)c2ccccc21)c1ccc(Cl)cc1. The van der Waals surface area contributed by atoms with Crippen LogP contribution in [0.2, 0.25) is 5.02 Å². The highest BCUT2D eigenvalue weighted by Crippen LogP contribution is 2.43. The molecule has 3 aromatic carbocycles. The van der Waals surface area contributed by atoms with Gasteiger partial charge in [0.05, 0.1) is 18.7 Å². The van der Waals surface area contributed by atoms with Crippen molar-refractivity contribution in [3.8, 4) is 0 Å². The number of aliphatic hydroxyl groups is 1. The third-order valence-electron chi connectivity index (χ3n) is 5.11. The van der Waals surface area contributed by atoms with Crippen molar-refractivity contribution in [1.82, 2.24) is 0 Å². The maximum absolute atomic E-state index is 14.1. The fourth-order valence-corrected chi connectivity index (χ4v) is 3.73. The van der Waals surface area contributed by atoms with Crippen LogP contribution in [0, 0.1) is 5.82 Å². The lowest BCUT2D eigenvalue weighted by Gasteiger charge is -2.23. The van der Waals surface area contributed by atoms with Crippen LogP contribution in [0.4, 0.5) is 10.1 Å². The molecule has 6 heteroatoms. The smallest absolute Gasteiger partial charge is 0.264 e. The number of benzene rings is 3. The number of Topliss-reactive ketones (excluding diaryl/α,β-unsaturated/α-hetero) is 1. The van der Waals surface area contributed by atoms with E-state index in [0.29, 0.717) is 27.4 Å². The Labute approximate surface area is 172 Å². The van der Waals surface area contributed by atoms with Gasteiger partial charge in [0.15, 0.2) is 11.4 Å². The fourth-order valence-electron chi connectivity index (χ4n) is 3.60. The molecule has 0 saturated heterocycles. The zero-order chi connectivity index (χ0) is 20.6. The molecular weight excluding hydrogens is 393 g/mol. The van der Waals surface area contributed by atoms with Crippen LogP contribution in [-0.2, 0) is 16.9 Å². The van der Waals surface area contributed by atoms with Gasteiger partial charge < -0.3 is 10.0 Å². The Kier molecular flexibility index (Phi) is 4.94. The molecule has 4 rings (SSSR count). The second-order valence-electron chi connectivity index (χ2n) is 6.97. The third-order valence-corrected chi connectivity index (χ3v) is 5.36. The molecule has 1 aliphatic rings. The van der Waals surface area contributed by atoms with Crippen LogP contribution < -0.4 is 4.90 Å². The van der Waals surface area contributed by atoms with Crippen molar-refractivity contribution >= 4 is 29.0 Å². The van der Waals surface area contributed by atoms with Crippen molar-refractivity contribution in [1.29, 1.82) is 0 Å². The second kappa shape index (κ2) is 7.43. The molecule has 1 N–H and O–H groups in total. The third kappa shape index (κ3) is 3.43. The van der Waals surface area contributed by atoms with Crippen LogP contribution >= 0.6 is 11.6 Å². The normalized spacial score (nSPS) is 18.0. The van der Waals surface area contributed by atoms with Crippen LogP contribution in [0.1, 0.15) is 27.9 Å². The molecule has 0 bridgehead atoms. The van der Waals surface area contributed by atoms with E-state index < -0.39 is 23.7 Å². The van der Waals surface area contributed by atoms with E-state index in [1.54, 1.807) is 66.7 Å². The van der Waals surface area contributed by atoms with E-state index >= 15 is 0 Å². The van der Waals surface area contributed by atoms with Crippen LogP contribution in [0.15, 0.2) is 72.8 Å². The number of carbonyl (C=O) groups is 2. The number of rotatable bonds is 5. The minimum Gasteiger partial charge on any atom is -0.375 e. The molecule has 146 valence electrons. The van der Waals surface area contributed by atoms with Crippen LogP contribution in [0.5, 0.6) is 0 Å². The van der Waals surface area contributed by atoms with E-state index in [4.69, 9.17) is 11.6 Å². The number of anilines is 1. The first-order valence-corrected chi connectivity index (χ1v) is 9.44. The van der Waals surface area contributed by atoms with Crippen molar-refractivity contribution in [2.24, 2.45) is 0 Å². The molecule has 3 aromatic rings. The highest BCUT2D eigenvalue weighted by molar-refractivity contribution is 6.30. The minimum atomic E-state index is -2.02. The molecule has 1 atom stereocenters. The summed E-state index contributed by atoms with van der Waals surface area (Å²) < 4.78 is 14.1. The Bertz CT molecular complexity index is 1100. The molecule has 0 spiro atoms. The number of hydrogen-bond acceptors (Lipinski definition) is 3. The molecule has 1 aliphatic heterocycles. The Balaban J connectivity index is 1.69. The summed E-state index contributed by atoms with van der Waals surface area (Å²) in [6.07, 6.45) is -0.418. The number of carbonyl (C=O) groups excluding carboxylic acids is 2. The van der Waals surface area contributed by atoms with Crippen molar-refractivity contribution in [2.45, 2.75) is 18.6 Å². The number of fused-ring (bicyclic) bond motifs is 1. The Morgan fingerprint density at radius 1 is 1.00 bits per heavy atom. The summed E-state index contributed by atoms with van der Waals surface area (Å²) in [6.45, 7) is -0.0417. The van der Waals surface area contributed by atoms with Gasteiger partial charge in [-0.25, -0.2) is 4.39 Å². The largest absolute Gasteiger partial charge is 0.375 e. The lowest BCUT2D eigenvalue weighted by atomic mass is 9.88. The Morgan fingerprint density at radius 2 is 1.66 bits per heavy atom. The molecule has 4 nitrogen and oxygen atoms in total. The second-order valence-corrected chi connectivity index (χ2v) is 7.40. The number of hydrogen-bond donors (Lipinski definition) is 1. The molecule has 0 aromatic heterocycles. The van der Waals surface area contributed by atoms with Gasteiger partial charge in [0.25, 0.3) is 5.91 Å². The van der Waals surface area contributed by atoms with Crippen molar-refractivity contribution in [3.05, 3.63) is 100 Å². The van der Waals surface area contributed by atoms with Crippen LogP contribution in [0.3, 0.4) is 0 Å². The molecule has 1 heterocycles. The van der Waals surface area contributed by atoms with E-state index in [2.05, 4.69) is 0 Å². The first kappa shape index (κ1) is 19.3. The quantitative estimate of drug-likeness (QED) is 0.632. The van der Waals surface area contributed by atoms with Gasteiger partial charge >= 0.3 is 0 Å². The summed E-state index contributed by atoms with van der Waals surface area (Å²) in [7, 11) is 0. The summed E-state index contributed by atoms with van der Waals surface area (Å²) in [6, 6.07) is 19.1. The van der Waals surface area contributed by atoms with Gasteiger partial charge in [0.2, 0.25) is 0 Å². The number of ketones is 1. The predicted molar refractivity (Wildman–Crippen MR) is 108 cm³/mol. The first-order chi connectivity index (χ1) is 13.9. The molecule has 1 unspecified atom stereocenters. The molecular formula is C23H17ClFNO3. The lowest BCUT2D eigenvalue weighted by Crippen LogP contribution is -2.41. The first-order valence-electron chi connectivity index (χ1n) is 9.06. The monoisotopic (exact) mass is 409 g/mol. The maximum atomic E-state index is 14.1. The Morgan fingerprint density at radius 3 is 2.38 bits per heavy atom. The Hall–Kier alpha value is -3.02. The minimum absolute atomic E-state index is 0.0417. The van der Waals surface area contributed by atoms with Gasteiger partial charge in [0.1, 0.15) is 5.82 Å². The van der Waals surface area contributed by atoms with E-state index in [1.807, 2.05) is 0 Å². The van der Waals surface area contributed by atoms with E-state index in [9.17, 15) is 19.1 Å². The van der Waals surface area contributed by atoms with Gasteiger partial charge in [-0.05, 0) is 36.4 Å². The zero-order valence-electron chi connectivity index (χ0n) is 15.3. The van der Waals surface area contributed by atoms with E-state index in [-0.39, 0.29) is 12.3 Å². The average Bonchev–Trinajstić information content (AvgIpc) is 2.92. The number of para-hydroxylation sites is 1. The fraction of sp³-hybridized carbons (Fsp3) is 0.130. The maximum Gasteiger partial charge on any atom is 0.264 e. The highest BCUT2D eigenvalue weighted by Gasteiger charge is 2.50. The standard InChI is InChI=1S/C23H17ClFNO3/c24-17-11-9-15(10-12-17)21(27)13-23(29)18-6-2-4-8-20(18)26(22(23)28)14-16-5-1-3-7-19(16)25/h1-12,29H,13-14H2. The molecule has 0 radical (unpaired) electrons. The predicted octanol–water partition coefficient (Wildman–Crippen LogP) is 4.49. The molecule has 0 aliphatic carbocycles. The van der Waals surface area contributed by atoms with Crippen molar-refractivity contribution < 1.29 is 19.1 Å². The van der Waals surface area contributed by atoms with E-state index in [1.165, 1.54) is 11.0 Å². The van der Waals surface area contributed by atoms with E-state index in [0.717, 1.165) is 0 Å². The van der Waals surface area contributed by atoms with Gasteiger partial charge in [-0.3, -0.25) is 9.59 Å². The van der Waals surface area contributed by atoms with Crippen molar-refractivity contribution in [2.75, 3.05) is 4.90 Å². The summed E-state index contributed by atoms with van der Waals surface area (Å²) >= 11 is 5.86.